The van der Waals surface area contributed by atoms with Crippen molar-refractivity contribution in [2.24, 2.45) is 0 Å². The Morgan fingerprint density at radius 2 is 2.00 bits per heavy atom. The zero-order valence-electron chi connectivity index (χ0n) is 6.79. The molecule has 1 atom stereocenters. The number of rotatable bonds is 5. The lowest BCUT2D eigenvalue weighted by Crippen LogP contribution is -1.95. The molecule has 0 radical (unpaired) electrons. The molecule has 3 nitrogen and oxygen atoms in total. The summed E-state index contributed by atoms with van der Waals surface area (Å²) in [5, 5.41) is 0. The normalized spacial score (nSPS) is 16.7. The van der Waals surface area contributed by atoms with Crippen molar-refractivity contribution in [1.29, 1.82) is 0 Å². The summed E-state index contributed by atoms with van der Waals surface area (Å²) in [5.74, 6) is 0. The highest BCUT2D eigenvalue weighted by atomic mass is 31.2. The maximum absolute atomic E-state index is 11.3. The van der Waals surface area contributed by atoms with Gasteiger partial charge in [-0.05, 0) is 6.42 Å². The molecular formula is C6H15O3P. The van der Waals surface area contributed by atoms with Crippen LogP contribution in [0.2, 0.25) is 0 Å². The van der Waals surface area contributed by atoms with E-state index in [1.54, 1.807) is 6.92 Å². The maximum Gasteiger partial charge on any atom is 0.330 e. The maximum atomic E-state index is 11.3. The van der Waals surface area contributed by atoms with Crippen molar-refractivity contribution in [3.05, 3.63) is 0 Å². The summed E-state index contributed by atoms with van der Waals surface area (Å²) in [5.41, 5.74) is 0. The van der Waals surface area contributed by atoms with Crippen LogP contribution < -0.4 is 0 Å². The van der Waals surface area contributed by atoms with Crippen LogP contribution in [0.1, 0.15) is 20.3 Å². The van der Waals surface area contributed by atoms with Crippen molar-refractivity contribution in [2.45, 2.75) is 20.3 Å². The van der Waals surface area contributed by atoms with E-state index in [1.165, 1.54) is 7.11 Å². The predicted octanol–water partition coefficient (Wildman–Crippen LogP) is 2.27. The summed E-state index contributed by atoms with van der Waals surface area (Å²) < 4.78 is 21.0. The molecule has 4 heteroatoms. The van der Waals surface area contributed by atoms with Gasteiger partial charge in [-0.25, -0.2) is 0 Å². The third kappa shape index (κ3) is 3.35. The van der Waals surface area contributed by atoms with Crippen molar-refractivity contribution >= 4 is 7.60 Å². The third-order valence-electron chi connectivity index (χ3n) is 1.16. The molecule has 0 aromatic carbocycles. The van der Waals surface area contributed by atoms with Gasteiger partial charge in [-0.15, -0.1) is 0 Å². The molecule has 0 bridgehead atoms. The fourth-order valence-electron chi connectivity index (χ4n) is 0.503. The zero-order valence-corrected chi connectivity index (χ0v) is 7.69. The first kappa shape index (κ1) is 10.2. The Bertz CT molecular complexity index is 116. The number of hydrogen-bond acceptors (Lipinski definition) is 3. The van der Waals surface area contributed by atoms with Gasteiger partial charge in [-0.2, -0.15) is 0 Å². The predicted molar refractivity (Wildman–Crippen MR) is 41.4 cm³/mol. The van der Waals surface area contributed by atoms with E-state index in [4.69, 9.17) is 9.05 Å². The van der Waals surface area contributed by atoms with Gasteiger partial charge in [0, 0.05) is 13.3 Å². The van der Waals surface area contributed by atoms with Crippen LogP contribution in [0.3, 0.4) is 0 Å². The van der Waals surface area contributed by atoms with E-state index in [9.17, 15) is 4.57 Å². The Balaban J connectivity index is 3.70. The van der Waals surface area contributed by atoms with Crippen LogP contribution >= 0.6 is 7.60 Å². The summed E-state index contributed by atoms with van der Waals surface area (Å²) in [6.07, 6.45) is 1.32. The molecule has 0 aliphatic rings. The lowest BCUT2D eigenvalue weighted by Gasteiger charge is -2.12. The first-order valence-electron chi connectivity index (χ1n) is 3.48. The molecule has 0 saturated carbocycles. The van der Waals surface area contributed by atoms with Gasteiger partial charge in [0.15, 0.2) is 0 Å². The van der Waals surface area contributed by atoms with E-state index in [0.717, 1.165) is 6.42 Å². The monoisotopic (exact) mass is 166 g/mol. The van der Waals surface area contributed by atoms with Gasteiger partial charge < -0.3 is 9.05 Å². The second kappa shape index (κ2) is 4.89. The van der Waals surface area contributed by atoms with Crippen molar-refractivity contribution in [3.63, 3.8) is 0 Å². The second-order valence-corrected chi connectivity index (χ2v) is 4.42. The summed E-state index contributed by atoms with van der Waals surface area (Å²) in [6.45, 7) is 4.27. The smallest absolute Gasteiger partial charge is 0.312 e. The molecule has 0 aliphatic heterocycles. The van der Waals surface area contributed by atoms with Gasteiger partial charge in [0.25, 0.3) is 0 Å². The Hall–Kier alpha value is 0.150. The van der Waals surface area contributed by atoms with Crippen molar-refractivity contribution < 1.29 is 13.6 Å². The van der Waals surface area contributed by atoms with Crippen LogP contribution in [0.4, 0.5) is 0 Å². The number of hydrogen-bond donors (Lipinski definition) is 0. The first-order chi connectivity index (χ1) is 4.68. The van der Waals surface area contributed by atoms with Gasteiger partial charge in [0.1, 0.15) is 0 Å². The van der Waals surface area contributed by atoms with E-state index in [0.29, 0.717) is 12.8 Å². The molecule has 0 amide bonds. The lowest BCUT2D eigenvalue weighted by molar-refractivity contribution is 0.235. The fraction of sp³-hybridized carbons (Fsp3) is 1.00. The second-order valence-electron chi connectivity index (χ2n) is 1.94. The van der Waals surface area contributed by atoms with E-state index < -0.39 is 7.60 Å². The molecule has 1 unspecified atom stereocenters. The van der Waals surface area contributed by atoms with Gasteiger partial charge in [-0.1, -0.05) is 13.8 Å². The molecular weight excluding hydrogens is 151 g/mol. The molecule has 0 heterocycles. The topological polar surface area (TPSA) is 35.5 Å². The van der Waals surface area contributed by atoms with Gasteiger partial charge in [0.05, 0.1) is 6.61 Å². The summed E-state index contributed by atoms with van der Waals surface area (Å²) in [6, 6.07) is 0. The molecule has 0 aromatic rings. The highest BCUT2D eigenvalue weighted by Crippen LogP contribution is 2.46. The fourth-order valence-corrected chi connectivity index (χ4v) is 1.51. The SMILES string of the molecule is CCCOP(=O)(CC)OC. The van der Waals surface area contributed by atoms with Crippen LogP contribution in [0.5, 0.6) is 0 Å². The van der Waals surface area contributed by atoms with E-state index in [1.807, 2.05) is 6.92 Å². The molecule has 0 saturated heterocycles. The van der Waals surface area contributed by atoms with E-state index in [2.05, 4.69) is 0 Å². The highest BCUT2D eigenvalue weighted by molar-refractivity contribution is 7.53. The Kier molecular flexibility index (Phi) is 4.96. The van der Waals surface area contributed by atoms with Crippen LogP contribution in [-0.2, 0) is 13.6 Å². The molecule has 0 aromatic heterocycles. The summed E-state index contributed by atoms with van der Waals surface area (Å²) in [7, 11) is -1.28. The minimum absolute atomic E-state index is 0.448. The summed E-state index contributed by atoms with van der Waals surface area (Å²) in [4.78, 5) is 0. The quantitative estimate of drug-likeness (QED) is 0.587. The van der Waals surface area contributed by atoms with Crippen LogP contribution in [-0.4, -0.2) is 19.9 Å². The Labute approximate surface area is 62.3 Å². The van der Waals surface area contributed by atoms with Crippen LogP contribution in [0, 0.1) is 0 Å². The first-order valence-corrected chi connectivity index (χ1v) is 5.20. The Morgan fingerprint density at radius 3 is 2.30 bits per heavy atom. The van der Waals surface area contributed by atoms with Crippen molar-refractivity contribution in [1.82, 2.24) is 0 Å². The van der Waals surface area contributed by atoms with Gasteiger partial charge in [0.2, 0.25) is 0 Å². The van der Waals surface area contributed by atoms with E-state index in [-0.39, 0.29) is 0 Å². The molecule has 0 rings (SSSR count). The zero-order chi connectivity index (χ0) is 8.04. The van der Waals surface area contributed by atoms with Crippen molar-refractivity contribution in [3.8, 4) is 0 Å². The molecule has 0 aliphatic carbocycles. The van der Waals surface area contributed by atoms with Gasteiger partial charge >= 0.3 is 7.60 Å². The minimum Gasteiger partial charge on any atom is -0.312 e. The van der Waals surface area contributed by atoms with Crippen LogP contribution in [0.15, 0.2) is 0 Å². The molecule has 10 heavy (non-hydrogen) atoms. The third-order valence-corrected chi connectivity index (χ3v) is 3.06. The van der Waals surface area contributed by atoms with E-state index >= 15 is 0 Å². The molecule has 62 valence electrons. The lowest BCUT2D eigenvalue weighted by atomic mass is 10.5. The minimum atomic E-state index is -2.70. The largest absolute Gasteiger partial charge is 0.330 e. The Morgan fingerprint density at radius 1 is 1.40 bits per heavy atom. The molecule has 0 fully saturated rings. The highest BCUT2D eigenvalue weighted by Gasteiger charge is 2.18. The average Bonchev–Trinajstić information content (AvgIpc) is 2.00. The molecule has 0 N–H and O–H groups in total. The van der Waals surface area contributed by atoms with Gasteiger partial charge in [-0.3, -0.25) is 4.57 Å². The standard InChI is InChI=1S/C6H15O3P/c1-4-6-9-10(7,5-2)8-3/h4-6H2,1-3H3. The average molecular weight is 166 g/mol. The van der Waals surface area contributed by atoms with Crippen LogP contribution in [0.25, 0.3) is 0 Å². The molecule has 0 spiro atoms. The van der Waals surface area contributed by atoms with Crippen molar-refractivity contribution in [2.75, 3.05) is 19.9 Å². The summed E-state index contributed by atoms with van der Waals surface area (Å²) >= 11 is 0.